The maximum Gasteiger partial charge on any atom is 0.233 e. The van der Waals surface area contributed by atoms with Crippen LogP contribution in [0.4, 0.5) is 5.69 Å². The van der Waals surface area contributed by atoms with Crippen molar-refractivity contribution < 1.29 is 14.3 Å². The number of carbonyl (C=O) groups excluding carboxylic acids is 2. The molecule has 0 aliphatic rings. The number of anilines is 1. The highest BCUT2D eigenvalue weighted by atomic mass is 35.5. The fourth-order valence-corrected chi connectivity index (χ4v) is 1.92. The van der Waals surface area contributed by atoms with E-state index in [0.717, 1.165) is 6.42 Å². The van der Waals surface area contributed by atoms with Crippen LogP contribution in [0, 0.1) is 5.92 Å². The number of ether oxygens (including phenoxy) is 1. The molecule has 6 heteroatoms. The fourth-order valence-electron chi connectivity index (χ4n) is 1.66. The van der Waals surface area contributed by atoms with E-state index in [-0.39, 0.29) is 18.2 Å². The van der Waals surface area contributed by atoms with Crippen molar-refractivity contribution in [2.75, 3.05) is 19.0 Å². The zero-order chi connectivity index (χ0) is 15.8. The van der Waals surface area contributed by atoms with Crippen LogP contribution in [0.15, 0.2) is 18.2 Å². The molecule has 0 aliphatic carbocycles. The Bertz CT molecular complexity index is 504. The first-order chi connectivity index (χ1) is 9.92. The van der Waals surface area contributed by atoms with Gasteiger partial charge in [0.2, 0.25) is 11.8 Å². The number of amides is 2. The van der Waals surface area contributed by atoms with E-state index in [1.165, 1.54) is 7.11 Å². The van der Waals surface area contributed by atoms with E-state index in [1.807, 2.05) is 0 Å². The van der Waals surface area contributed by atoms with Gasteiger partial charge in [-0.15, -0.1) is 0 Å². The summed E-state index contributed by atoms with van der Waals surface area (Å²) in [6.07, 6.45) is 0.684. The molecule has 5 nitrogen and oxygen atoms in total. The number of nitrogens with one attached hydrogen (secondary N) is 2. The number of halogens is 1. The van der Waals surface area contributed by atoms with Gasteiger partial charge in [0, 0.05) is 12.2 Å². The van der Waals surface area contributed by atoms with Crippen molar-refractivity contribution in [2.45, 2.75) is 26.7 Å². The van der Waals surface area contributed by atoms with Crippen LogP contribution in [0.1, 0.15) is 26.7 Å². The Morgan fingerprint density at radius 2 is 2.00 bits per heavy atom. The molecule has 21 heavy (non-hydrogen) atoms. The Morgan fingerprint density at radius 1 is 1.29 bits per heavy atom. The summed E-state index contributed by atoms with van der Waals surface area (Å²) in [6, 6.07) is 4.90. The third-order valence-corrected chi connectivity index (χ3v) is 3.10. The molecule has 0 atom stereocenters. The Kier molecular flexibility index (Phi) is 7.02. The van der Waals surface area contributed by atoms with E-state index in [4.69, 9.17) is 16.3 Å². The van der Waals surface area contributed by atoms with E-state index >= 15 is 0 Å². The van der Waals surface area contributed by atoms with Crippen LogP contribution >= 0.6 is 11.6 Å². The van der Waals surface area contributed by atoms with E-state index in [1.54, 1.807) is 18.2 Å². The van der Waals surface area contributed by atoms with Gasteiger partial charge in [-0.05, 0) is 30.5 Å². The molecular formula is C15H21ClN2O3. The second-order valence-corrected chi connectivity index (χ2v) is 5.51. The fraction of sp³-hybridized carbons (Fsp3) is 0.467. The van der Waals surface area contributed by atoms with E-state index in [2.05, 4.69) is 24.5 Å². The van der Waals surface area contributed by atoms with Gasteiger partial charge in [0.05, 0.1) is 12.1 Å². The minimum absolute atomic E-state index is 0.207. The molecule has 0 saturated carbocycles. The predicted octanol–water partition coefficient (Wildman–Crippen LogP) is 2.84. The second-order valence-electron chi connectivity index (χ2n) is 5.11. The van der Waals surface area contributed by atoms with Gasteiger partial charge in [-0.3, -0.25) is 9.59 Å². The third kappa shape index (κ3) is 6.49. The first-order valence-electron chi connectivity index (χ1n) is 6.82. The number of carbonyl (C=O) groups is 2. The molecule has 0 bridgehead atoms. The van der Waals surface area contributed by atoms with Crippen LogP contribution in [-0.2, 0) is 9.59 Å². The van der Waals surface area contributed by atoms with Gasteiger partial charge >= 0.3 is 0 Å². The minimum Gasteiger partial charge on any atom is -0.495 e. The predicted molar refractivity (Wildman–Crippen MR) is 83.7 cm³/mol. The highest BCUT2D eigenvalue weighted by Gasteiger charge is 2.10. The molecule has 0 aliphatic heterocycles. The average molecular weight is 313 g/mol. The van der Waals surface area contributed by atoms with Gasteiger partial charge in [-0.2, -0.15) is 0 Å². The lowest BCUT2D eigenvalue weighted by atomic mass is 10.1. The van der Waals surface area contributed by atoms with Crippen molar-refractivity contribution in [1.82, 2.24) is 5.32 Å². The average Bonchev–Trinajstić information content (AvgIpc) is 2.38. The van der Waals surface area contributed by atoms with Crippen LogP contribution in [0.3, 0.4) is 0 Å². The Labute approximate surface area is 130 Å². The Balaban J connectivity index is 2.43. The van der Waals surface area contributed by atoms with E-state index in [0.29, 0.717) is 28.9 Å². The molecule has 116 valence electrons. The van der Waals surface area contributed by atoms with Crippen LogP contribution in [-0.4, -0.2) is 25.5 Å². The van der Waals surface area contributed by atoms with E-state index < -0.39 is 0 Å². The van der Waals surface area contributed by atoms with Crippen LogP contribution in [0.5, 0.6) is 5.75 Å². The largest absolute Gasteiger partial charge is 0.495 e. The molecule has 0 fully saturated rings. The molecule has 2 N–H and O–H groups in total. The normalized spacial score (nSPS) is 10.3. The first-order valence-corrected chi connectivity index (χ1v) is 7.20. The lowest BCUT2D eigenvalue weighted by Crippen LogP contribution is -2.29. The Hall–Kier alpha value is -1.75. The summed E-state index contributed by atoms with van der Waals surface area (Å²) < 4.78 is 5.02. The van der Waals surface area contributed by atoms with Crippen molar-refractivity contribution in [1.29, 1.82) is 0 Å². The Morgan fingerprint density at radius 3 is 2.57 bits per heavy atom. The zero-order valence-electron chi connectivity index (χ0n) is 12.5. The molecule has 1 rings (SSSR count). The van der Waals surface area contributed by atoms with E-state index in [9.17, 15) is 9.59 Å². The van der Waals surface area contributed by atoms with Gasteiger partial charge < -0.3 is 15.4 Å². The summed E-state index contributed by atoms with van der Waals surface area (Å²) >= 11 is 5.96. The molecule has 0 heterocycles. The molecule has 1 aromatic rings. The topological polar surface area (TPSA) is 67.4 Å². The number of hydrogen-bond donors (Lipinski definition) is 2. The standard InChI is InChI=1S/C15H21ClN2O3/c1-10(2)6-7-17-14(19)9-15(20)18-11-4-5-13(21-3)12(16)8-11/h4-5,8,10H,6-7,9H2,1-3H3,(H,17,19)(H,18,20). The van der Waals surface area contributed by atoms with Gasteiger partial charge in [-0.25, -0.2) is 0 Å². The zero-order valence-corrected chi connectivity index (χ0v) is 13.3. The number of rotatable bonds is 7. The first kappa shape index (κ1) is 17.3. The molecular weight excluding hydrogens is 292 g/mol. The van der Waals surface area contributed by atoms with Crippen LogP contribution in [0.25, 0.3) is 0 Å². The SMILES string of the molecule is COc1ccc(NC(=O)CC(=O)NCCC(C)C)cc1Cl. The van der Waals surface area contributed by atoms with Crippen molar-refractivity contribution in [2.24, 2.45) is 5.92 Å². The summed E-state index contributed by atoms with van der Waals surface area (Å²) in [6.45, 7) is 4.73. The number of hydrogen-bond acceptors (Lipinski definition) is 3. The maximum atomic E-state index is 11.7. The third-order valence-electron chi connectivity index (χ3n) is 2.80. The molecule has 0 aromatic heterocycles. The molecule has 0 saturated heterocycles. The second kappa shape index (κ2) is 8.52. The van der Waals surface area contributed by atoms with Gasteiger partial charge in [0.1, 0.15) is 12.2 Å². The lowest BCUT2D eigenvalue weighted by Gasteiger charge is -2.09. The lowest BCUT2D eigenvalue weighted by molar-refractivity contribution is -0.126. The summed E-state index contributed by atoms with van der Waals surface area (Å²) in [7, 11) is 1.51. The summed E-state index contributed by atoms with van der Waals surface area (Å²) in [5.74, 6) is 0.382. The highest BCUT2D eigenvalue weighted by molar-refractivity contribution is 6.32. The summed E-state index contributed by atoms with van der Waals surface area (Å²) in [5.41, 5.74) is 0.529. The molecule has 1 aromatic carbocycles. The van der Waals surface area contributed by atoms with Crippen LogP contribution < -0.4 is 15.4 Å². The van der Waals surface area contributed by atoms with Gasteiger partial charge in [0.25, 0.3) is 0 Å². The van der Waals surface area contributed by atoms with Crippen molar-refractivity contribution >= 4 is 29.1 Å². The van der Waals surface area contributed by atoms with Crippen molar-refractivity contribution in [3.05, 3.63) is 23.2 Å². The maximum absolute atomic E-state index is 11.7. The molecule has 0 spiro atoms. The smallest absolute Gasteiger partial charge is 0.233 e. The molecule has 0 unspecified atom stereocenters. The quantitative estimate of drug-likeness (QED) is 0.761. The highest BCUT2D eigenvalue weighted by Crippen LogP contribution is 2.27. The van der Waals surface area contributed by atoms with Gasteiger partial charge in [0.15, 0.2) is 0 Å². The molecule has 0 radical (unpaired) electrons. The minimum atomic E-state index is -0.377. The monoisotopic (exact) mass is 312 g/mol. The van der Waals surface area contributed by atoms with Crippen molar-refractivity contribution in [3.8, 4) is 5.75 Å². The van der Waals surface area contributed by atoms with Crippen molar-refractivity contribution in [3.63, 3.8) is 0 Å². The van der Waals surface area contributed by atoms with Crippen LogP contribution in [0.2, 0.25) is 5.02 Å². The summed E-state index contributed by atoms with van der Waals surface area (Å²) in [5, 5.41) is 5.74. The summed E-state index contributed by atoms with van der Waals surface area (Å²) in [4.78, 5) is 23.3. The molecule has 2 amide bonds. The number of methoxy groups -OCH3 is 1. The van der Waals surface area contributed by atoms with Gasteiger partial charge in [-0.1, -0.05) is 25.4 Å². The number of benzene rings is 1.